The first-order valence-corrected chi connectivity index (χ1v) is 13.9. The summed E-state index contributed by atoms with van der Waals surface area (Å²) in [5.41, 5.74) is 1.41. The Bertz CT molecular complexity index is 542. The van der Waals surface area contributed by atoms with E-state index in [1.54, 1.807) is 0 Å². The highest BCUT2D eigenvalue weighted by molar-refractivity contribution is 6.74. The average molecular weight is 393 g/mol. The molecule has 5 atom stereocenters. The van der Waals surface area contributed by atoms with Crippen LogP contribution >= 0.6 is 0 Å². The quantitative estimate of drug-likeness (QED) is 0.513. The number of hydrogen-bond acceptors (Lipinski definition) is 3. The van der Waals surface area contributed by atoms with Crippen LogP contribution < -0.4 is 0 Å². The summed E-state index contributed by atoms with van der Waals surface area (Å²) in [6, 6.07) is 0. The van der Waals surface area contributed by atoms with Crippen molar-refractivity contribution in [2.24, 2.45) is 17.8 Å². The number of allylic oxidation sites excluding steroid dienone is 3. The monoisotopic (exact) mass is 392 g/mol. The predicted molar refractivity (Wildman–Crippen MR) is 114 cm³/mol. The Labute approximate surface area is 167 Å². The zero-order valence-corrected chi connectivity index (χ0v) is 19.1. The van der Waals surface area contributed by atoms with Gasteiger partial charge in [0.1, 0.15) is 0 Å². The molecule has 154 valence electrons. The molecule has 27 heavy (non-hydrogen) atoms. The third-order valence-electron chi connectivity index (χ3n) is 7.45. The molecule has 0 radical (unpaired) electrons. The summed E-state index contributed by atoms with van der Waals surface area (Å²) in [7, 11) is -1.75. The molecule has 1 aliphatic heterocycles. The van der Waals surface area contributed by atoms with Crippen LogP contribution in [-0.2, 0) is 13.9 Å². The topological polar surface area (TPSA) is 27.7 Å². The fraction of sp³-hybridized carbons (Fsp3) is 0.826. The van der Waals surface area contributed by atoms with Gasteiger partial charge in [-0.2, -0.15) is 0 Å². The van der Waals surface area contributed by atoms with E-state index in [4.69, 9.17) is 13.9 Å². The summed E-state index contributed by atoms with van der Waals surface area (Å²) in [5.74, 6) is 1.76. The SMILES string of the molecule is C=CC1=CC2CC(OC3CCCCO3)C(CO[Si](C)(C)C(C)(C)C)C2CC1. The average Bonchev–Trinajstić information content (AvgIpc) is 2.96. The van der Waals surface area contributed by atoms with E-state index in [9.17, 15) is 0 Å². The summed E-state index contributed by atoms with van der Waals surface area (Å²) >= 11 is 0. The third-order valence-corrected chi connectivity index (χ3v) is 11.9. The van der Waals surface area contributed by atoms with E-state index < -0.39 is 8.32 Å². The van der Waals surface area contributed by atoms with E-state index in [-0.39, 0.29) is 17.4 Å². The van der Waals surface area contributed by atoms with Crippen molar-refractivity contribution >= 4 is 8.32 Å². The van der Waals surface area contributed by atoms with E-state index in [1.165, 1.54) is 24.8 Å². The summed E-state index contributed by atoms with van der Waals surface area (Å²) in [4.78, 5) is 0. The molecule has 0 bridgehead atoms. The van der Waals surface area contributed by atoms with Crippen LogP contribution in [-0.4, -0.2) is 33.9 Å². The van der Waals surface area contributed by atoms with Gasteiger partial charge in [0.15, 0.2) is 14.6 Å². The molecule has 4 heteroatoms. The van der Waals surface area contributed by atoms with Crippen LogP contribution in [0.2, 0.25) is 18.1 Å². The van der Waals surface area contributed by atoms with Crippen molar-refractivity contribution in [1.29, 1.82) is 0 Å². The van der Waals surface area contributed by atoms with Crippen molar-refractivity contribution in [3.05, 3.63) is 24.3 Å². The molecule has 0 aromatic rings. The lowest BCUT2D eigenvalue weighted by Gasteiger charge is -2.39. The largest absolute Gasteiger partial charge is 0.416 e. The maximum Gasteiger partial charge on any atom is 0.191 e. The molecule has 3 aliphatic rings. The lowest BCUT2D eigenvalue weighted by molar-refractivity contribution is -0.197. The van der Waals surface area contributed by atoms with Crippen LogP contribution in [0.3, 0.4) is 0 Å². The van der Waals surface area contributed by atoms with Crippen LogP contribution in [0.5, 0.6) is 0 Å². The van der Waals surface area contributed by atoms with E-state index in [0.717, 1.165) is 32.5 Å². The van der Waals surface area contributed by atoms with Crippen LogP contribution in [0, 0.1) is 17.8 Å². The molecule has 5 unspecified atom stereocenters. The minimum absolute atomic E-state index is 0.0119. The Morgan fingerprint density at radius 3 is 2.67 bits per heavy atom. The molecule has 2 aliphatic carbocycles. The first-order chi connectivity index (χ1) is 12.7. The summed E-state index contributed by atoms with van der Waals surface area (Å²) in [6.45, 7) is 17.3. The highest BCUT2D eigenvalue weighted by Crippen LogP contribution is 2.48. The normalized spacial score (nSPS) is 34.9. The second kappa shape index (κ2) is 8.52. The molecule has 0 aromatic heterocycles. The lowest BCUT2D eigenvalue weighted by atomic mass is 9.79. The molecule has 0 aromatic carbocycles. The Balaban J connectivity index is 1.71. The Morgan fingerprint density at radius 2 is 2.04 bits per heavy atom. The van der Waals surface area contributed by atoms with Crippen molar-refractivity contribution in [2.75, 3.05) is 13.2 Å². The summed E-state index contributed by atoms with van der Waals surface area (Å²) < 4.78 is 19.1. The van der Waals surface area contributed by atoms with E-state index in [2.05, 4.69) is 46.5 Å². The molecule has 1 saturated carbocycles. The van der Waals surface area contributed by atoms with Gasteiger partial charge in [0, 0.05) is 19.1 Å². The molecule has 3 nitrogen and oxygen atoms in total. The molecule has 3 rings (SSSR count). The molecule has 1 saturated heterocycles. The number of rotatable bonds is 6. The maximum absolute atomic E-state index is 6.68. The van der Waals surface area contributed by atoms with Crippen LogP contribution in [0.15, 0.2) is 24.3 Å². The second-order valence-electron chi connectivity index (χ2n) is 10.3. The van der Waals surface area contributed by atoms with Crippen LogP contribution in [0.4, 0.5) is 0 Å². The van der Waals surface area contributed by atoms with Gasteiger partial charge in [-0.25, -0.2) is 0 Å². The van der Waals surface area contributed by atoms with Crippen molar-refractivity contribution in [1.82, 2.24) is 0 Å². The van der Waals surface area contributed by atoms with Crippen molar-refractivity contribution in [3.8, 4) is 0 Å². The maximum atomic E-state index is 6.68. The zero-order valence-electron chi connectivity index (χ0n) is 18.1. The smallest absolute Gasteiger partial charge is 0.191 e. The highest BCUT2D eigenvalue weighted by atomic mass is 28.4. The summed E-state index contributed by atoms with van der Waals surface area (Å²) in [5, 5.41) is 0.246. The Kier molecular flexibility index (Phi) is 6.72. The van der Waals surface area contributed by atoms with Crippen molar-refractivity contribution in [2.45, 2.75) is 89.8 Å². The predicted octanol–water partition coefficient (Wildman–Crippen LogP) is 6.08. The van der Waals surface area contributed by atoms with Gasteiger partial charge in [-0.05, 0) is 68.5 Å². The molecular weight excluding hydrogens is 352 g/mol. The van der Waals surface area contributed by atoms with Crippen LogP contribution in [0.1, 0.15) is 59.3 Å². The Hall–Kier alpha value is -0.423. The molecule has 0 N–H and O–H groups in total. The molecule has 1 heterocycles. The number of ether oxygens (including phenoxy) is 2. The van der Waals surface area contributed by atoms with Crippen LogP contribution in [0.25, 0.3) is 0 Å². The first kappa shape index (κ1) is 21.3. The van der Waals surface area contributed by atoms with Gasteiger partial charge >= 0.3 is 0 Å². The van der Waals surface area contributed by atoms with Crippen molar-refractivity contribution < 1.29 is 13.9 Å². The van der Waals surface area contributed by atoms with Gasteiger partial charge in [0.05, 0.1) is 6.10 Å². The van der Waals surface area contributed by atoms with E-state index in [0.29, 0.717) is 17.8 Å². The third kappa shape index (κ3) is 4.95. The standard InChI is InChI=1S/C23H40O3Si/c1-7-17-11-12-19-18(14-17)15-21(26-22-10-8-9-13-24-22)20(19)16-25-27(5,6)23(2,3)4/h7,14,18-22H,1,8-13,15-16H2,2-6H3. The molecule has 2 fully saturated rings. The molecular formula is C23H40O3Si. The minimum Gasteiger partial charge on any atom is -0.416 e. The minimum atomic E-state index is -1.75. The summed E-state index contributed by atoms with van der Waals surface area (Å²) in [6.07, 6.45) is 11.7. The fourth-order valence-corrected chi connectivity index (χ4v) is 5.66. The lowest BCUT2D eigenvalue weighted by Crippen LogP contribution is -2.44. The van der Waals surface area contributed by atoms with E-state index >= 15 is 0 Å². The van der Waals surface area contributed by atoms with Gasteiger partial charge in [-0.3, -0.25) is 0 Å². The highest BCUT2D eigenvalue weighted by Gasteiger charge is 2.47. The zero-order chi connectivity index (χ0) is 19.7. The van der Waals surface area contributed by atoms with E-state index in [1.807, 2.05) is 6.08 Å². The molecule has 0 amide bonds. The Morgan fingerprint density at radius 1 is 1.26 bits per heavy atom. The number of fused-ring (bicyclic) bond motifs is 1. The van der Waals surface area contributed by atoms with Gasteiger partial charge in [0.2, 0.25) is 0 Å². The fourth-order valence-electron chi connectivity index (χ4n) is 4.61. The van der Waals surface area contributed by atoms with Gasteiger partial charge in [-0.15, -0.1) is 0 Å². The van der Waals surface area contributed by atoms with Gasteiger partial charge in [0.25, 0.3) is 0 Å². The van der Waals surface area contributed by atoms with Gasteiger partial charge < -0.3 is 13.9 Å². The first-order valence-electron chi connectivity index (χ1n) is 11.0. The second-order valence-corrected chi connectivity index (χ2v) is 15.1. The van der Waals surface area contributed by atoms with Crippen molar-refractivity contribution in [3.63, 3.8) is 0 Å². The van der Waals surface area contributed by atoms with Gasteiger partial charge in [-0.1, -0.05) is 45.1 Å². The number of hydrogen-bond donors (Lipinski definition) is 0. The molecule has 0 spiro atoms.